The Labute approximate surface area is 148 Å². The molecule has 3 rings (SSSR count). The molecule has 4 N–H and O–H groups in total. The van der Waals surface area contributed by atoms with Gasteiger partial charge in [-0.25, -0.2) is 4.79 Å². The van der Waals surface area contributed by atoms with Gasteiger partial charge in [-0.2, -0.15) is 0 Å². The number of piperazine rings is 1. The van der Waals surface area contributed by atoms with Gasteiger partial charge in [-0.15, -0.1) is 12.4 Å². The van der Waals surface area contributed by atoms with Crippen LogP contribution in [0.25, 0.3) is 0 Å². The lowest BCUT2D eigenvalue weighted by Crippen LogP contribution is -2.49. The average Bonchev–Trinajstić information content (AvgIpc) is 3.05. The molecule has 1 unspecified atom stereocenters. The van der Waals surface area contributed by atoms with E-state index in [0.29, 0.717) is 17.3 Å². The molecule has 0 aromatic heterocycles. The monoisotopic (exact) mass is 353 g/mol. The van der Waals surface area contributed by atoms with Crippen LogP contribution in [0.2, 0.25) is 0 Å². The van der Waals surface area contributed by atoms with Gasteiger partial charge in [-0.05, 0) is 30.7 Å². The summed E-state index contributed by atoms with van der Waals surface area (Å²) in [6, 6.07) is 6.71. The first kappa shape index (κ1) is 18.5. The van der Waals surface area contributed by atoms with E-state index in [1.807, 2.05) is 4.90 Å². The molecule has 24 heavy (non-hydrogen) atoms. The molecule has 3 amide bonds. The van der Waals surface area contributed by atoms with E-state index in [0.717, 1.165) is 45.7 Å². The first-order chi connectivity index (χ1) is 11.1. The molecule has 0 radical (unpaired) electrons. The fourth-order valence-electron chi connectivity index (χ4n) is 3.29. The topological polar surface area (TPSA) is 90.7 Å². The van der Waals surface area contributed by atoms with E-state index in [1.165, 1.54) is 0 Å². The Balaban J connectivity index is 0.00000208. The molecule has 7 nitrogen and oxygen atoms in total. The van der Waals surface area contributed by atoms with Gasteiger partial charge in [0.05, 0.1) is 0 Å². The smallest absolute Gasteiger partial charge is 0.316 e. The molecule has 2 saturated heterocycles. The van der Waals surface area contributed by atoms with Gasteiger partial charge in [0.1, 0.15) is 0 Å². The van der Waals surface area contributed by atoms with Crippen molar-refractivity contribution in [1.82, 2.24) is 15.1 Å². The Morgan fingerprint density at radius 1 is 1.12 bits per heavy atom. The standard InChI is InChI=1S/C16H23N5O2.ClH/c17-16(23)19-13-3-1-12(2-4-13)15(22)21-8-5-14(11-21)20-9-6-18-7-10-20;/h1-4,14,18H,5-11H2,(H3,17,19,23);1H. The van der Waals surface area contributed by atoms with Gasteiger partial charge in [-0.1, -0.05) is 0 Å². The van der Waals surface area contributed by atoms with Gasteiger partial charge in [0.25, 0.3) is 5.91 Å². The van der Waals surface area contributed by atoms with Gasteiger partial charge >= 0.3 is 6.03 Å². The minimum absolute atomic E-state index is 0. The van der Waals surface area contributed by atoms with Gasteiger partial charge in [0.15, 0.2) is 0 Å². The fourth-order valence-corrected chi connectivity index (χ4v) is 3.29. The maximum atomic E-state index is 12.6. The lowest BCUT2D eigenvalue weighted by atomic mass is 10.2. The molecule has 8 heteroatoms. The Morgan fingerprint density at radius 2 is 1.79 bits per heavy atom. The van der Waals surface area contributed by atoms with Gasteiger partial charge < -0.3 is 21.3 Å². The number of carbonyl (C=O) groups is 2. The van der Waals surface area contributed by atoms with Crippen molar-refractivity contribution >= 4 is 30.0 Å². The van der Waals surface area contributed by atoms with E-state index in [9.17, 15) is 9.59 Å². The molecule has 1 aromatic rings. The van der Waals surface area contributed by atoms with Crippen molar-refractivity contribution in [3.05, 3.63) is 29.8 Å². The normalized spacial score (nSPS) is 21.2. The van der Waals surface area contributed by atoms with Crippen LogP contribution < -0.4 is 16.4 Å². The van der Waals surface area contributed by atoms with Crippen molar-refractivity contribution < 1.29 is 9.59 Å². The zero-order valence-corrected chi connectivity index (χ0v) is 14.3. The summed E-state index contributed by atoms with van der Waals surface area (Å²) in [6.07, 6.45) is 1.03. The summed E-state index contributed by atoms with van der Waals surface area (Å²) in [5.74, 6) is 0.0493. The average molecular weight is 354 g/mol. The number of halogens is 1. The van der Waals surface area contributed by atoms with Crippen LogP contribution in [-0.2, 0) is 0 Å². The van der Waals surface area contributed by atoms with Crippen LogP contribution in [-0.4, -0.2) is 67.0 Å². The maximum absolute atomic E-state index is 12.6. The number of hydrogen-bond donors (Lipinski definition) is 3. The fraction of sp³-hybridized carbons (Fsp3) is 0.500. The SMILES string of the molecule is Cl.NC(=O)Nc1ccc(C(=O)N2CCC(N3CCNCC3)C2)cc1. The number of nitrogens with zero attached hydrogens (tertiary/aromatic N) is 2. The Morgan fingerprint density at radius 3 is 2.42 bits per heavy atom. The molecule has 132 valence electrons. The zero-order valence-electron chi connectivity index (χ0n) is 13.5. The van der Waals surface area contributed by atoms with Crippen LogP contribution in [0.3, 0.4) is 0 Å². The minimum Gasteiger partial charge on any atom is -0.351 e. The first-order valence-corrected chi connectivity index (χ1v) is 8.04. The number of likely N-dealkylation sites (tertiary alicyclic amines) is 1. The van der Waals surface area contributed by atoms with E-state index >= 15 is 0 Å². The van der Waals surface area contributed by atoms with E-state index < -0.39 is 6.03 Å². The number of hydrogen-bond acceptors (Lipinski definition) is 4. The highest BCUT2D eigenvalue weighted by atomic mass is 35.5. The lowest BCUT2D eigenvalue weighted by molar-refractivity contribution is 0.0773. The van der Waals surface area contributed by atoms with Crippen molar-refractivity contribution in [1.29, 1.82) is 0 Å². The Bertz CT molecular complexity index is 574. The van der Waals surface area contributed by atoms with E-state index in [1.54, 1.807) is 24.3 Å². The molecule has 2 aliphatic heterocycles. The number of benzene rings is 1. The van der Waals surface area contributed by atoms with Crippen LogP contribution in [0.5, 0.6) is 0 Å². The number of nitrogens with one attached hydrogen (secondary N) is 2. The second-order valence-corrected chi connectivity index (χ2v) is 6.05. The number of urea groups is 1. The van der Waals surface area contributed by atoms with Crippen LogP contribution in [0.1, 0.15) is 16.8 Å². The van der Waals surface area contributed by atoms with Crippen molar-refractivity contribution in [3.8, 4) is 0 Å². The number of rotatable bonds is 3. The summed E-state index contributed by atoms with van der Waals surface area (Å²) < 4.78 is 0. The molecule has 2 aliphatic rings. The van der Waals surface area contributed by atoms with Crippen LogP contribution in [0, 0.1) is 0 Å². The summed E-state index contributed by atoms with van der Waals surface area (Å²) in [6.45, 7) is 5.76. The molecular formula is C16H24ClN5O2. The van der Waals surface area contributed by atoms with Crippen molar-refractivity contribution in [2.75, 3.05) is 44.6 Å². The third-order valence-electron chi connectivity index (χ3n) is 4.52. The van der Waals surface area contributed by atoms with E-state index in [2.05, 4.69) is 15.5 Å². The van der Waals surface area contributed by atoms with Crippen molar-refractivity contribution in [2.45, 2.75) is 12.5 Å². The van der Waals surface area contributed by atoms with Crippen LogP contribution >= 0.6 is 12.4 Å². The predicted molar refractivity (Wildman–Crippen MR) is 95.6 cm³/mol. The summed E-state index contributed by atoms with van der Waals surface area (Å²) in [5, 5.41) is 5.85. The molecular weight excluding hydrogens is 330 g/mol. The molecule has 1 aromatic carbocycles. The summed E-state index contributed by atoms with van der Waals surface area (Å²) >= 11 is 0. The van der Waals surface area contributed by atoms with E-state index in [4.69, 9.17) is 5.73 Å². The molecule has 0 aliphatic carbocycles. The lowest BCUT2D eigenvalue weighted by Gasteiger charge is -2.32. The van der Waals surface area contributed by atoms with Gasteiger partial charge in [-0.3, -0.25) is 9.69 Å². The third kappa shape index (κ3) is 4.37. The summed E-state index contributed by atoms with van der Waals surface area (Å²) in [4.78, 5) is 27.8. The van der Waals surface area contributed by atoms with Crippen molar-refractivity contribution in [3.63, 3.8) is 0 Å². The van der Waals surface area contributed by atoms with Crippen molar-refractivity contribution in [2.24, 2.45) is 5.73 Å². The molecule has 1 atom stereocenters. The Hall–Kier alpha value is -1.83. The Kier molecular flexibility index (Phi) is 6.42. The number of amides is 3. The minimum atomic E-state index is -0.609. The second-order valence-electron chi connectivity index (χ2n) is 6.05. The highest BCUT2D eigenvalue weighted by Gasteiger charge is 2.31. The summed E-state index contributed by atoms with van der Waals surface area (Å²) in [7, 11) is 0. The molecule has 2 heterocycles. The second kappa shape index (κ2) is 8.32. The third-order valence-corrected chi connectivity index (χ3v) is 4.52. The molecule has 0 spiro atoms. The van der Waals surface area contributed by atoms with Gasteiger partial charge in [0.2, 0.25) is 0 Å². The van der Waals surface area contributed by atoms with Crippen LogP contribution in [0.4, 0.5) is 10.5 Å². The van der Waals surface area contributed by atoms with E-state index in [-0.39, 0.29) is 18.3 Å². The van der Waals surface area contributed by atoms with Crippen LogP contribution in [0.15, 0.2) is 24.3 Å². The molecule has 2 fully saturated rings. The molecule has 0 bridgehead atoms. The number of anilines is 1. The largest absolute Gasteiger partial charge is 0.351 e. The zero-order chi connectivity index (χ0) is 16.2. The highest BCUT2D eigenvalue weighted by molar-refractivity contribution is 5.95. The molecule has 0 saturated carbocycles. The number of primary amides is 1. The number of nitrogens with two attached hydrogens (primary N) is 1. The highest BCUT2D eigenvalue weighted by Crippen LogP contribution is 2.19. The maximum Gasteiger partial charge on any atom is 0.316 e. The summed E-state index contributed by atoms with van der Waals surface area (Å²) in [5.41, 5.74) is 6.31. The predicted octanol–water partition coefficient (Wildman–Crippen LogP) is 0.719. The quantitative estimate of drug-likeness (QED) is 0.746. The first-order valence-electron chi connectivity index (χ1n) is 8.04. The van der Waals surface area contributed by atoms with Gasteiger partial charge in [0, 0.05) is 56.6 Å². The number of carbonyl (C=O) groups excluding carboxylic acids is 2.